The van der Waals surface area contributed by atoms with E-state index in [-0.39, 0.29) is 42.0 Å². The van der Waals surface area contributed by atoms with Crippen LogP contribution in [0.5, 0.6) is 0 Å². The molecular weight excluding hydrogens is 402 g/mol. The van der Waals surface area contributed by atoms with E-state index in [1.54, 1.807) is 46.6 Å². The maximum absolute atomic E-state index is 12.9. The quantitative estimate of drug-likeness (QED) is 0.657. The Balaban J connectivity index is 1.99. The average Bonchev–Trinajstić information content (AvgIpc) is 3.01. The molecule has 1 aliphatic heterocycles. The fourth-order valence-corrected chi connectivity index (χ4v) is 3.73. The van der Waals surface area contributed by atoms with Crippen LogP contribution in [0, 0.1) is 19.8 Å². The SMILES string of the molecule is CCOC(=O)C1CCN(C(=O)CN(C)C(=O)c2[nH]c(C)c(C(=O)OC(C)C)c2C)CC1. The largest absolute Gasteiger partial charge is 0.466 e. The third-order valence-corrected chi connectivity index (χ3v) is 5.38. The van der Waals surface area contributed by atoms with Gasteiger partial charge in [0.15, 0.2) is 0 Å². The molecule has 9 nitrogen and oxygen atoms in total. The molecule has 172 valence electrons. The lowest BCUT2D eigenvalue weighted by Gasteiger charge is -2.32. The zero-order valence-corrected chi connectivity index (χ0v) is 19.2. The molecule has 1 N–H and O–H groups in total. The highest BCUT2D eigenvalue weighted by molar-refractivity contribution is 6.01. The first-order valence-corrected chi connectivity index (χ1v) is 10.7. The van der Waals surface area contributed by atoms with Crippen LogP contribution in [0.1, 0.15) is 65.7 Å². The Hall–Kier alpha value is -2.84. The second-order valence-electron chi connectivity index (χ2n) is 8.15. The smallest absolute Gasteiger partial charge is 0.340 e. The number of aryl methyl sites for hydroxylation is 1. The number of likely N-dealkylation sites (tertiary alicyclic amines) is 1. The minimum absolute atomic E-state index is 0.0911. The van der Waals surface area contributed by atoms with Crippen LogP contribution in [-0.4, -0.2) is 77.9 Å². The minimum Gasteiger partial charge on any atom is -0.466 e. The van der Waals surface area contributed by atoms with Crippen LogP contribution in [0.15, 0.2) is 0 Å². The molecular formula is C22H33N3O6. The molecule has 0 aromatic carbocycles. The van der Waals surface area contributed by atoms with E-state index >= 15 is 0 Å². The molecule has 0 radical (unpaired) electrons. The molecule has 1 aliphatic rings. The van der Waals surface area contributed by atoms with E-state index in [0.29, 0.717) is 49.4 Å². The van der Waals surface area contributed by atoms with Gasteiger partial charge in [-0.15, -0.1) is 0 Å². The topological polar surface area (TPSA) is 109 Å². The lowest BCUT2D eigenvalue weighted by atomic mass is 9.97. The third kappa shape index (κ3) is 5.86. The van der Waals surface area contributed by atoms with Crippen molar-refractivity contribution in [3.8, 4) is 0 Å². The second kappa shape index (κ2) is 10.5. The molecule has 1 saturated heterocycles. The highest BCUT2D eigenvalue weighted by Crippen LogP contribution is 2.22. The number of ether oxygens (including phenoxy) is 2. The van der Waals surface area contributed by atoms with Crippen molar-refractivity contribution in [2.45, 2.75) is 53.6 Å². The predicted octanol–water partition coefficient (Wildman–Crippen LogP) is 2.07. The molecule has 0 spiro atoms. The summed E-state index contributed by atoms with van der Waals surface area (Å²) in [6.07, 6.45) is 0.838. The van der Waals surface area contributed by atoms with E-state index in [1.807, 2.05) is 0 Å². The van der Waals surface area contributed by atoms with E-state index < -0.39 is 5.97 Å². The van der Waals surface area contributed by atoms with Crippen LogP contribution < -0.4 is 0 Å². The number of nitrogens with one attached hydrogen (secondary N) is 1. The molecule has 1 aromatic heterocycles. The van der Waals surface area contributed by atoms with Gasteiger partial charge in [-0.1, -0.05) is 0 Å². The van der Waals surface area contributed by atoms with E-state index in [0.717, 1.165) is 0 Å². The van der Waals surface area contributed by atoms with Crippen molar-refractivity contribution in [3.63, 3.8) is 0 Å². The molecule has 1 aromatic rings. The molecule has 0 atom stereocenters. The Morgan fingerprint density at radius 3 is 2.32 bits per heavy atom. The normalized spacial score (nSPS) is 14.5. The summed E-state index contributed by atoms with van der Waals surface area (Å²) in [5.74, 6) is -1.44. The highest BCUT2D eigenvalue weighted by atomic mass is 16.5. The Morgan fingerprint density at radius 2 is 1.77 bits per heavy atom. The van der Waals surface area contributed by atoms with Gasteiger partial charge in [0.2, 0.25) is 5.91 Å². The summed E-state index contributed by atoms with van der Waals surface area (Å²) < 4.78 is 10.3. The number of aromatic nitrogens is 1. The van der Waals surface area contributed by atoms with Crippen LogP contribution >= 0.6 is 0 Å². The van der Waals surface area contributed by atoms with Gasteiger partial charge in [0, 0.05) is 25.8 Å². The summed E-state index contributed by atoms with van der Waals surface area (Å²) in [4.78, 5) is 55.7. The first-order valence-electron chi connectivity index (χ1n) is 10.7. The number of aromatic amines is 1. The summed E-state index contributed by atoms with van der Waals surface area (Å²) >= 11 is 0. The first kappa shape index (κ1) is 24.4. The van der Waals surface area contributed by atoms with Gasteiger partial charge in [0.05, 0.1) is 30.7 Å². The van der Waals surface area contributed by atoms with Crippen molar-refractivity contribution in [2.24, 2.45) is 5.92 Å². The fraction of sp³-hybridized carbons (Fsp3) is 0.636. The second-order valence-corrected chi connectivity index (χ2v) is 8.15. The van der Waals surface area contributed by atoms with Crippen molar-refractivity contribution < 1.29 is 28.7 Å². The lowest BCUT2D eigenvalue weighted by molar-refractivity contribution is -0.151. The molecule has 0 saturated carbocycles. The number of rotatable bonds is 7. The maximum atomic E-state index is 12.9. The van der Waals surface area contributed by atoms with Gasteiger partial charge >= 0.3 is 11.9 Å². The molecule has 2 amide bonds. The number of H-pyrrole nitrogens is 1. The summed E-state index contributed by atoms with van der Waals surface area (Å²) in [6, 6.07) is 0. The van der Waals surface area contributed by atoms with Crippen LogP contribution in [0.2, 0.25) is 0 Å². The van der Waals surface area contributed by atoms with Crippen molar-refractivity contribution >= 4 is 23.8 Å². The van der Waals surface area contributed by atoms with Crippen molar-refractivity contribution in [1.29, 1.82) is 0 Å². The zero-order chi connectivity index (χ0) is 23.3. The Kier molecular flexibility index (Phi) is 8.24. The summed E-state index contributed by atoms with van der Waals surface area (Å²) in [5, 5.41) is 0. The van der Waals surface area contributed by atoms with Gasteiger partial charge < -0.3 is 24.3 Å². The van der Waals surface area contributed by atoms with Crippen LogP contribution in [0.4, 0.5) is 0 Å². The lowest BCUT2D eigenvalue weighted by Crippen LogP contribution is -2.45. The van der Waals surface area contributed by atoms with Gasteiger partial charge in [-0.25, -0.2) is 4.79 Å². The third-order valence-electron chi connectivity index (χ3n) is 5.38. The number of amides is 2. The van der Waals surface area contributed by atoms with Crippen molar-refractivity contribution in [2.75, 3.05) is 33.3 Å². The summed E-state index contributed by atoms with van der Waals surface area (Å²) in [7, 11) is 1.55. The molecule has 0 unspecified atom stereocenters. The van der Waals surface area contributed by atoms with Gasteiger partial charge in [-0.3, -0.25) is 14.4 Å². The number of hydrogen-bond donors (Lipinski definition) is 1. The molecule has 31 heavy (non-hydrogen) atoms. The van der Waals surface area contributed by atoms with Gasteiger partial charge in [0.1, 0.15) is 5.69 Å². The number of nitrogens with zero attached hydrogens (tertiary/aromatic N) is 2. The molecule has 2 heterocycles. The molecule has 2 rings (SSSR count). The summed E-state index contributed by atoms with van der Waals surface area (Å²) in [6.45, 7) is 9.85. The van der Waals surface area contributed by atoms with E-state index in [9.17, 15) is 19.2 Å². The molecule has 0 bridgehead atoms. The number of hydrogen-bond acceptors (Lipinski definition) is 6. The van der Waals surface area contributed by atoms with E-state index in [1.165, 1.54) is 4.90 Å². The maximum Gasteiger partial charge on any atom is 0.340 e. The number of carbonyl (C=O) groups is 4. The minimum atomic E-state index is -0.483. The van der Waals surface area contributed by atoms with Gasteiger partial charge in [-0.2, -0.15) is 0 Å². The molecule has 0 aliphatic carbocycles. The van der Waals surface area contributed by atoms with E-state index in [4.69, 9.17) is 9.47 Å². The van der Waals surface area contributed by atoms with Gasteiger partial charge in [0.25, 0.3) is 5.91 Å². The van der Waals surface area contributed by atoms with Crippen molar-refractivity contribution in [1.82, 2.24) is 14.8 Å². The number of esters is 2. The van der Waals surface area contributed by atoms with Crippen LogP contribution in [0.25, 0.3) is 0 Å². The first-order chi connectivity index (χ1) is 14.6. The average molecular weight is 436 g/mol. The summed E-state index contributed by atoms with van der Waals surface area (Å²) in [5.41, 5.74) is 1.66. The standard InChI is InChI=1S/C22H33N3O6/c1-7-30-21(28)16-8-10-25(11-9-16)17(26)12-24(6)20(27)19-14(4)18(15(5)23-19)22(29)31-13(2)3/h13,16,23H,7-12H2,1-6H3. The number of likely N-dealkylation sites (N-methyl/N-ethyl adjacent to an activating group) is 1. The molecule has 1 fully saturated rings. The number of piperidine rings is 1. The predicted molar refractivity (Wildman–Crippen MR) is 114 cm³/mol. The Labute approximate surface area is 183 Å². The van der Waals surface area contributed by atoms with Crippen LogP contribution in [0.3, 0.4) is 0 Å². The van der Waals surface area contributed by atoms with Gasteiger partial charge in [-0.05, 0) is 53.0 Å². The highest BCUT2D eigenvalue weighted by Gasteiger charge is 2.30. The zero-order valence-electron chi connectivity index (χ0n) is 19.2. The van der Waals surface area contributed by atoms with Crippen LogP contribution in [-0.2, 0) is 19.1 Å². The fourth-order valence-electron chi connectivity index (χ4n) is 3.73. The van der Waals surface area contributed by atoms with Crippen molar-refractivity contribution in [3.05, 3.63) is 22.5 Å². The molecule has 9 heteroatoms. The number of carbonyl (C=O) groups excluding carboxylic acids is 4. The van der Waals surface area contributed by atoms with E-state index in [2.05, 4.69) is 4.98 Å². The monoisotopic (exact) mass is 435 g/mol. The Morgan fingerprint density at radius 1 is 1.16 bits per heavy atom. The Bertz CT molecular complexity index is 837.